The van der Waals surface area contributed by atoms with Gasteiger partial charge in [-0.2, -0.15) is 0 Å². The lowest BCUT2D eigenvalue weighted by molar-refractivity contribution is 0.119. The summed E-state index contributed by atoms with van der Waals surface area (Å²) in [7, 11) is 2.33. The average Bonchev–Trinajstić information content (AvgIpc) is 2.80. The Labute approximate surface area is 101 Å². The molecule has 2 fully saturated rings. The summed E-state index contributed by atoms with van der Waals surface area (Å²) >= 11 is 0. The van der Waals surface area contributed by atoms with Crippen molar-refractivity contribution in [3.63, 3.8) is 0 Å². The summed E-state index contributed by atoms with van der Waals surface area (Å²) < 4.78 is 0. The molecule has 0 aliphatic carbocycles. The standard InChI is InChI=1S/C14H28N2/c1-3-13-6-7-14(15(2)12-13)8-11-16-9-4-5-10-16/h13-14H,3-12H2,1-2H3/t13-,14+/m1/s1. The average molecular weight is 224 g/mol. The van der Waals surface area contributed by atoms with Crippen molar-refractivity contribution in [1.82, 2.24) is 9.80 Å². The molecule has 0 aromatic carbocycles. The van der Waals surface area contributed by atoms with Crippen LogP contribution < -0.4 is 0 Å². The highest BCUT2D eigenvalue weighted by molar-refractivity contribution is 4.80. The molecule has 2 aliphatic rings. The molecule has 0 saturated carbocycles. The fourth-order valence-corrected chi connectivity index (χ4v) is 3.33. The van der Waals surface area contributed by atoms with Gasteiger partial charge in [0.25, 0.3) is 0 Å². The molecule has 2 heteroatoms. The van der Waals surface area contributed by atoms with Crippen molar-refractivity contribution < 1.29 is 0 Å². The normalized spacial score (nSPS) is 33.4. The molecule has 0 aromatic rings. The van der Waals surface area contributed by atoms with E-state index >= 15 is 0 Å². The molecule has 94 valence electrons. The van der Waals surface area contributed by atoms with Crippen LogP contribution >= 0.6 is 0 Å². The maximum atomic E-state index is 2.65. The van der Waals surface area contributed by atoms with Gasteiger partial charge < -0.3 is 9.80 Å². The third kappa shape index (κ3) is 3.21. The van der Waals surface area contributed by atoms with Crippen molar-refractivity contribution in [3.05, 3.63) is 0 Å². The van der Waals surface area contributed by atoms with E-state index in [1.165, 1.54) is 64.7 Å². The molecular formula is C14H28N2. The second kappa shape index (κ2) is 6.02. The molecule has 2 atom stereocenters. The number of rotatable bonds is 4. The summed E-state index contributed by atoms with van der Waals surface area (Å²) in [5.41, 5.74) is 0. The van der Waals surface area contributed by atoms with E-state index in [1.807, 2.05) is 0 Å². The van der Waals surface area contributed by atoms with Gasteiger partial charge in [0.1, 0.15) is 0 Å². The van der Waals surface area contributed by atoms with Gasteiger partial charge in [-0.1, -0.05) is 13.3 Å². The molecule has 2 rings (SSSR count). The van der Waals surface area contributed by atoms with Crippen molar-refractivity contribution in [2.24, 2.45) is 5.92 Å². The molecule has 2 heterocycles. The van der Waals surface area contributed by atoms with E-state index in [0.717, 1.165) is 12.0 Å². The summed E-state index contributed by atoms with van der Waals surface area (Å²) in [6.45, 7) is 7.72. The Balaban J connectivity index is 1.69. The zero-order valence-corrected chi connectivity index (χ0v) is 11.1. The second-order valence-corrected chi connectivity index (χ2v) is 5.78. The molecule has 2 aliphatic heterocycles. The second-order valence-electron chi connectivity index (χ2n) is 5.78. The zero-order chi connectivity index (χ0) is 11.4. The number of piperidine rings is 1. The molecule has 2 saturated heterocycles. The van der Waals surface area contributed by atoms with Crippen LogP contribution in [-0.4, -0.2) is 49.1 Å². The van der Waals surface area contributed by atoms with Crippen molar-refractivity contribution in [3.8, 4) is 0 Å². The minimum Gasteiger partial charge on any atom is -0.303 e. The van der Waals surface area contributed by atoms with Crippen LogP contribution in [0.1, 0.15) is 45.4 Å². The van der Waals surface area contributed by atoms with E-state index in [1.54, 1.807) is 0 Å². The van der Waals surface area contributed by atoms with Crippen LogP contribution in [-0.2, 0) is 0 Å². The molecule has 0 N–H and O–H groups in total. The Morgan fingerprint density at radius 1 is 1.12 bits per heavy atom. The fraction of sp³-hybridized carbons (Fsp3) is 1.00. The lowest BCUT2D eigenvalue weighted by Crippen LogP contribution is -2.42. The summed E-state index contributed by atoms with van der Waals surface area (Å²) in [6, 6.07) is 0.864. The Hall–Kier alpha value is -0.0800. The van der Waals surface area contributed by atoms with Crippen molar-refractivity contribution in [2.45, 2.75) is 51.5 Å². The van der Waals surface area contributed by atoms with Crippen molar-refractivity contribution >= 4 is 0 Å². The van der Waals surface area contributed by atoms with Crippen molar-refractivity contribution in [2.75, 3.05) is 33.2 Å². The van der Waals surface area contributed by atoms with Gasteiger partial charge >= 0.3 is 0 Å². The maximum absolute atomic E-state index is 2.65. The Bertz CT molecular complexity index is 199. The van der Waals surface area contributed by atoms with E-state index in [0.29, 0.717) is 0 Å². The monoisotopic (exact) mass is 224 g/mol. The quantitative estimate of drug-likeness (QED) is 0.724. The SMILES string of the molecule is CC[C@@H]1CC[C@@H](CCN2CCCC2)N(C)C1. The number of likely N-dealkylation sites (tertiary alicyclic amines) is 2. The van der Waals surface area contributed by atoms with E-state index < -0.39 is 0 Å². The van der Waals surface area contributed by atoms with Gasteiger partial charge in [0.15, 0.2) is 0 Å². The van der Waals surface area contributed by atoms with E-state index in [9.17, 15) is 0 Å². The van der Waals surface area contributed by atoms with Crippen molar-refractivity contribution in [1.29, 1.82) is 0 Å². The van der Waals surface area contributed by atoms with Crippen LogP contribution in [0.25, 0.3) is 0 Å². The Kier molecular flexibility index (Phi) is 4.66. The highest BCUT2D eigenvalue weighted by atomic mass is 15.2. The summed E-state index contributed by atoms with van der Waals surface area (Å²) in [6.07, 6.45) is 8.52. The van der Waals surface area contributed by atoms with Crippen LogP contribution in [0.4, 0.5) is 0 Å². The van der Waals surface area contributed by atoms with Gasteiger partial charge in [-0.15, -0.1) is 0 Å². The smallest absolute Gasteiger partial charge is 0.0105 e. The summed E-state index contributed by atoms with van der Waals surface area (Å²) in [4.78, 5) is 5.27. The van der Waals surface area contributed by atoms with E-state index in [2.05, 4.69) is 23.8 Å². The third-order valence-electron chi connectivity index (χ3n) is 4.63. The molecule has 0 radical (unpaired) electrons. The molecular weight excluding hydrogens is 196 g/mol. The fourth-order valence-electron chi connectivity index (χ4n) is 3.33. The van der Waals surface area contributed by atoms with Crippen LogP contribution in [0.15, 0.2) is 0 Å². The first-order valence-electron chi connectivity index (χ1n) is 7.22. The minimum absolute atomic E-state index is 0.864. The zero-order valence-electron chi connectivity index (χ0n) is 11.1. The lowest BCUT2D eigenvalue weighted by atomic mass is 9.90. The number of nitrogens with zero attached hydrogens (tertiary/aromatic N) is 2. The maximum Gasteiger partial charge on any atom is 0.0105 e. The molecule has 0 aromatic heterocycles. The number of hydrogen-bond acceptors (Lipinski definition) is 2. The molecule has 0 spiro atoms. The predicted molar refractivity (Wildman–Crippen MR) is 69.7 cm³/mol. The summed E-state index contributed by atoms with van der Waals surface area (Å²) in [5.74, 6) is 0.966. The van der Waals surface area contributed by atoms with Crippen LogP contribution in [0.5, 0.6) is 0 Å². The Morgan fingerprint density at radius 2 is 1.88 bits per heavy atom. The highest BCUT2D eigenvalue weighted by Gasteiger charge is 2.25. The minimum atomic E-state index is 0.864. The first-order valence-corrected chi connectivity index (χ1v) is 7.22. The predicted octanol–water partition coefficient (Wildman–Crippen LogP) is 2.59. The highest BCUT2D eigenvalue weighted by Crippen LogP contribution is 2.25. The molecule has 0 bridgehead atoms. The van der Waals surface area contributed by atoms with Gasteiger partial charge in [-0.25, -0.2) is 0 Å². The van der Waals surface area contributed by atoms with E-state index in [-0.39, 0.29) is 0 Å². The van der Waals surface area contributed by atoms with Gasteiger partial charge in [0.05, 0.1) is 0 Å². The molecule has 2 nitrogen and oxygen atoms in total. The van der Waals surface area contributed by atoms with Crippen LogP contribution in [0, 0.1) is 5.92 Å². The third-order valence-corrected chi connectivity index (χ3v) is 4.63. The topological polar surface area (TPSA) is 6.48 Å². The Morgan fingerprint density at radius 3 is 2.50 bits per heavy atom. The first kappa shape index (κ1) is 12.4. The van der Waals surface area contributed by atoms with Gasteiger partial charge in [-0.3, -0.25) is 0 Å². The lowest BCUT2D eigenvalue weighted by Gasteiger charge is -2.37. The van der Waals surface area contributed by atoms with Crippen LogP contribution in [0.3, 0.4) is 0 Å². The molecule has 0 unspecified atom stereocenters. The van der Waals surface area contributed by atoms with E-state index in [4.69, 9.17) is 0 Å². The van der Waals surface area contributed by atoms with Gasteiger partial charge in [0.2, 0.25) is 0 Å². The molecule has 16 heavy (non-hydrogen) atoms. The number of hydrogen-bond donors (Lipinski definition) is 0. The first-order chi connectivity index (χ1) is 7.79. The van der Waals surface area contributed by atoms with Gasteiger partial charge in [-0.05, 0) is 64.7 Å². The molecule has 0 amide bonds. The largest absolute Gasteiger partial charge is 0.303 e. The van der Waals surface area contributed by atoms with Gasteiger partial charge in [0, 0.05) is 12.6 Å². The van der Waals surface area contributed by atoms with Crippen LogP contribution in [0.2, 0.25) is 0 Å². The summed E-state index contributed by atoms with van der Waals surface area (Å²) in [5, 5.41) is 0.